The smallest absolute Gasteiger partial charge is 0.410 e. The second-order valence-corrected chi connectivity index (χ2v) is 6.96. The third kappa shape index (κ3) is 4.55. The molecule has 1 amide bonds. The third-order valence-electron chi connectivity index (χ3n) is 3.90. The zero-order valence-electron chi connectivity index (χ0n) is 14.8. The van der Waals surface area contributed by atoms with Gasteiger partial charge in [-0.1, -0.05) is 59.9 Å². The van der Waals surface area contributed by atoms with Crippen molar-refractivity contribution in [3.05, 3.63) is 91.1 Å². The van der Waals surface area contributed by atoms with Gasteiger partial charge >= 0.3 is 6.09 Å². The number of rotatable bonds is 5. The molecule has 0 radical (unpaired) electrons. The number of para-hydroxylation sites is 1. The molecule has 4 rings (SSSR count). The second-order valence-electron chi connectivity index (χ2n) is 5.93. The Balaban J connectivity index is 1.36. The minimum atomic E-state index is -0.528. The highest BCUT2D eigenvalue weighted by atomic mass is 32.1. The molecule has 0 atom stereocenters. The molecule has 1 heterocycles. The summed E-state index contributed by atoms with van der Waals surface area (Å²) in [5.74, 6) is 0.497. The van der Waals surface area contributed by atoms with Crippen LogP contribution < -0.4 is 15.4 Å². The van der Waals surface area contributed by atoms with Crippen molar-refractivity contribution in [1.29, 1.82) is 0 Å². The van der Waals surface area contributed by atoms with Gasteiger partial charge in [-0.2, -0.15) is 0 Å². The topological polar surface area (TPSA) is 63.2 Å². The number of anilines is 3. The number of amides is 1. The Morgan fingerprint density at radius 2 is 1.46 bits per heavy atom. The molecule has 3 aromatic carbocycles. The van der Waals surface area contributed by atoms with E-state index in [1.165, 1.54) is 0 Å². The Kier molecular flexibility index (Phi) is 5.31. The van der Waals surface area contributed by atoms with Crippen molar-refractivity contribution >= 4 is 33.9 Å². The quantitative estimate of drug-likeness (QED) is 0.430. The maximum absolute atomic E-state index is 11.9. The zero-order valence-corrected chi connectivity index (χ0v) is 15.6. The van der Waals surface area contributed by atoms with Crippen molar-refractivity contribution in [3.8, 4) is 16.2 Å². The number of aromatic nitrogens is 1. The Morgan fingerprint density at radius 1 is 0.821 bits per heavy atom. The van der Waals surface area contributed by atoms with Crippen LogP contribution in [0.4, 0.5) is 21.3 Å². The summed E-state index contributed by atoms with van der Waals surface area (Å²) in [6.45, 7) is 0. The fourth-order valence-corrected chi connectivity index (χ4v) is 3.41. The summed E-state index contributed by atoms with van der Waals surface area (Å²) >= 11 is 1.58. The molecule has 0 fully saturated rings. The normalized spacial score (nSPS) is 10.3. The van der Waals surface area contributed by atoms with E-state index in [0.717, 1.165) is 21.3 Å². The number of nitrogens with zero attached hydrogens (tertiary/aromatic N) is 1. The Hall–Kier alpha value is -3.64. The first-order valence-electron chi connectivity index (χ1n) is 8.68. The molecule has 2 N–H and O–H groups in total. The van der Waals surface area contributed by atoms with E-state index in [1.807, 2.05) is 54.7 Å². The lowest BCUT2D eigenvalue weighted by Crippen LogP contribution is -2.16. The summed E-state index contributed by atoms with van der Waals surface area (Å²) in [4.78, 5) is 17.5. The molecule has 138 valence electrons. The Bertz CT molecular complexity index is 1050. The second kappa shape index (κ2) is 8.37. The van der Waals surface area contributed by atoms with Crippen LogP contribution in [-0.4, -0.2) is 11.1 Å². The highest BCUT2D eigenvalue weighted by molar-refractivity contribution is 7.18. The maximum Gasteiger partial charge on any atom is 0.417 e. The van der Waals surface area contributed by atoms with Crippen molar-refractivity contribution in [3.63, 3.8) is 0 Å². The molecule has 5 nitrogen and oxygen atoms in total. The summed E-state index contributed by atoms with van der Waals surface area (Å²) in [5, 5.41) is 6.79. The molecule has 0 aliphatic heterocycles. The minimum Gasteiger partial charge on any atom is -0.410 e. The van der Waals surface area contributed by atoms with Gasteiger partial charge in [-0.05, 0) is 42.0 Å². The van der Waals surface area contributed by atoms with Gasteiger partial charge in [0.1, 0.15) is 5.75 Å². The van der Waals surface area contributed by atoms with E-state index in [0.29, 0.717) is 11.4 Å². The predicted octanol–water partition coefficient (Wildman–Crippen LogP) is 6.16. The van der Waals surface area contributed by atoms with E-state index < -0.39 is 6.09 Å². The van der Waals surface area contributed by atoms with Crippen LogP contribution in [0.5, 0.6) is 5.75 Å². The van der Waals surface area contributed by atoms with Crippen LogP contribution in [-0.2, 0) is 0 Å². The minimum absolute atomic E-state index is 0.497. The van der Waals surface area contributed by atoms with Crippen LogP contribution in [0, 0.1) is 0 Å². The van der Waals surface area contributed by atoms with Crippen molar-refractivity contribution < 1.29 is 9.53 Å². The Morgan fingerprint density at radius 3 is 2.18 bits per heavy atom. The molecular weight excluding hydrogens is 370 g/mol. The van der Waals surface area contributed by atoms with Gasteiger partial charge in [0.2, 0.25) is 0 Å². The van der Waals surface area contributed by atoms with Gasteiger partial charge in [0, 0.05) is 17.6 Å². The van der Waals surface area contributed by atoms with Gasteiger partial charge in [0.15, 0.2) is 5.13 Å². The van der Waals surface area contributed by atoms with Crippen LogP contribution in [0.25, 0.3) is 10.4 Å². The van der Waals surface area contributed by atoms with Gasteiger partial charge in [-0.25, -0.2) is 9.78 Å². The number of thiazole rings is 1. The van der Waals surface area contributed by atoms with E-state index in [9.17, 15) is 4.79 Å². The standard InChI is InChI=1S/C22H17N3O2S/c26-22(27-19-9-5-2-6-10-19)25-18-13-11-17(12-14-18)24-21-23-15-20(28-21)16-7-3-1-4-8-16/h1-15H,(H,23,24)(H,25,26). The molecule has 0 unspecified atom stereocenters. The fraction of sp³-hybridized carbons (Fsp3) is 0. The first kappa shape index (κ1) is 17.8. The molecule has 0 saturated carbocycles. The highest BCUT2D eigenvalue weighted by Gasteiger charge is 2.07. The van der Waals surface area contributed by atoms with Gasteiger partial charge in [0.05, 0.1) is 4.88 Å². The van der Waals surface area contributed by atoms with Crippen LogP contribution in [0.3, 0.4) is 0 Å². The van der Waals surface area contributed by atoms with Crippen LogP contribution in [0.15, 0.2) is 91.1 Å². The van der Waals surface area contributed by atoms with Crippen LogP contribution >= 0.6 is 11.3 Å². The van der Waals surface area contributed by atoms with Gasteiger partial charge in [0.25, 0.3) is 0 Å². The van der Waals surface area contributed by atoms with Crippen molar-refractivity contribution in [2.45, 2.75) is 0 Å². The van der Waals surface area contributed by atoms with Crippen LogP contribution in [0.2, 0.25) is 0 Å². The first-order chi connectivity index (χ1) is 13.8. The molecule has 6 heteroatoms. The molecule has 0 aliphatic carbocycles. The zero-order chi connectivity index (χ0) is 19.2. The number of hydrogen-bond donors (Lipinski definition) is 2. The summed E-state index contributed by atoms with van der Waals surface area (Å²) in [7, 11) is 0. The lowest BCUT2D eigenvalue weighted by molar-refractivity contribution is 0.215. The monoisotopic (exact) mass is 387 g/mol. The predicted molar refractivity (Wildman–Crippen MR) is 113 cm³/mol. The van der Waals surface area contributed by atoms with E-state index in [-0.39, 0.29) is 0 Å². The lowest BCUT2D eigenvalue weighted by Gasteiger charge is -2.08. The van der Waals surface area contributed by atoms with Gasteiger partial charge in [-0.15, -0.1) is 0 Å². The molecular formula is C22H17N3O2S. The van der Waals surface area contributed by atoms with E-state index in [2.05, 4.69) is 27.8 Å². The summed E-state index contributed by atoms with van der Waals surface area (Å²) in [5.41, 5.74) is 2.68. The maximum atomic E-state index is 11.9. The largest absolute Gasteiger partial charge is 0.417 e. The van der Waals surface area contributed by atoms with E-state index in [1.54, 1.807) is 35.6 Å². The molecule has 1 aromatic heterocycles. The van der Waals surface area contributed by atoms with Gasteiger partial charge in [-0.3, -0.25) is 5.32 Å². The third-order valence-corrected chi connectivity index (χ3v) is 4.86. The molecule has 0 spiro atoms. The number of carbonyl (C=O) groups excluding carboxylic acids is 1. The highest BCUT2D eigenvalue weighted by Crippen LogP contribution is 2.30. The summed E-state index contributed by atoms with van der Waals surface area (Å²) in [6.07, 6.45) is 1.33. The molecule has 4 aromatic rings. The average molecular weight is 387 g/mol. The average Bonchev–Trinajstić information content (AvgIpc) is 3.19. The molecule has 28 heavy (non-hydrogen) atoms. The SMILES string of the molecule is O=C(Nc1ccc(Nc2ncc(-c3ccccc3)s2)cc1)Oc1ccccc1. The van der Waals surface area contributed by atoms with Crippen molar-refractivity contribution in [2.24, 2.45) is 0 Å². The lowest BCUT2D eigenvalue weighted by atomic mass is 10.2. The van der Waals surface area contributed by atoms with E-state index >= 15 is 0 Å². The molecule has 0 saturated heterocycles. The fourth-order valence-electron chi connectivity index (χ4n) is 2.57. The molecule has 0 bridgehead atoms. The van der Waals surface area contributed by atoms with E-state index in [4.69, 9.17) is 4.74 Å². The van der Waals surface area contributed by atoms with Crippen LogP contribution in [0.1, 0.15) is 0 Å². The van der Waals surface area contributed by atoms with Crippen molar-refractivity contribution in [1.82, 2.24) is 4.98 Å². The van der Waals surface area contributed by atoms with Gasteiger partial charge < -0.3 is 10.1 Å². The number of ether oxygens (including phenoxy) is 1. The summed E-state index contributed by atoms with van der Waals surface area (Å²) < 4.78 is 5.21. The first-order valence-corrected chi connectivity index (χ1v) is 9.50. The Labute approximate surface area is 166 Å². The number of nitrogens with one attached hydrogen (secondary N) is 2. The molecule has 0 aliphatic rings. The summed E-state index contributed by atoms with van der Waals surface area (Å²) in [6, 6.07) is 26.4. The van der Waals surface area contributed by atoms with Crippen molar-refractivity contribution in [2.75, 3.05) is 10.6 Å². The number of carbonyl (C=O) groups is 1. The number of benzene rings is 3. The number of hydrogen-bond acceptors (Lipinski definition) is 5.